The molecule has 0 radical (unpaired) electrons. The average molecular weight is 459 g/mol. The first-order valence-electron chi connectivity index (χ1n) is 9.94. The van der Waals surface area contributed by atoms with E-state index in [1.807, 2.05) is 47.1 Å². The molecule has 1 aliphatic heterocycles. The van der Waals surface area contributed by atoms with Crippen molar-refractivity contribution in [2.75, 3.05) is 12.8 Å². The SMILES string of the molecule is CCc1ccccc1-n1nc2c(c1-c1ccc(Cl)cc1)CN(C(=O)CNS(C)(=O)=O)C2. The van der Waals surface area contributed by atoms with Gasteiger partial charge < -0.3 is 4.90 Å². The predicted octanol–water partition coefficient (Wildman–Crippen LogP) is 3.15. The number of aromatic nitrogens is 2. The van der Waals surface area contributed by atoms with Crippen molar-refractivity contribution in [3.8, 4) is 16.9 Å². The van der Waals surface area contributed by atoms with Crippen LogP contribution in [-0.4, -0.2) is 41.8 Å². The van der Waals surface area contributed by atoms with Gasteiger partial charge in [0.2, 0.25) is 15.9 Å². The maximum Gasteiger partial charge on any atom is 0.238 e. The summed E-state index contributed by atoms with van der Waals surface area (Å²) in [5.41, 5.74) is 5.81. The lowest BCUT2D eigenvalue weighted by Gasteiger charge is -2.18. The quantitative estimate of drug-likeness (QED) is 0.615. The Hall–Kier alpha value is -2.68. The molecule has 2 aromatic carbocycles. The van der Waals surface area contributed by atoms with E-state index in [9.17, 15) is 13.2 Å². The van der Waals surface area contributed by atoms with Crippen LogP contribution in [0.2, 0.25) is 5.02 Å². The van der Waals surface area contributed by atoms with Crippen molar-refractivity contribution >= 4 is 27.5 Å². The van der Waals surface area contributed by atoms with Crippen LogP contribution in [0.3, 0.4) is 0 Å². The Bertz CT molecular complexity index is 1240. The first kappa shape index (κ1) is 21.5. The Morgan fingerprint density at radius 2 is 1.84 bits per heavy atom. The summed E-state index contributed by atoms with van der Waals surface area (Å²) in [7, 11) is -3.44. The van der Waals surface area contributed by atoms with Crippen molar-refractivity contribution in [1.82, 2.24) is 19.4 Å². The van der Waals surface area contributed by atoms with Crippen molar-refractivity contribution in [3.63, 3.8) is 0 Å². The highest BCUT2D eigenvalue weighted by Gasteiger charge is 2.31. The Morgan fingerprint density at radius 3 is 2.52 bits per heavy atom. The maximum absolute atomic E-state index is 12.6. The molecular formula is C22H23ClN4O3S. The van der Waals surface area contributed by atoms with Crippen molar-refractivity contribution in [3.05, 3.63) is 70.4 Å². The first-order chi connectivity index (χ1) is 14.8. The largest absolute Gasteiger partial charge is 0.331 e. The molecule has 0 aliphatic carbocycles. The fourth-order valence-electron chi connectivity index (χ4n) is 3.79. The van der Waals surface area contributed by atoms with Crippen LogP contribution in [0.1, 0.15) is 23.7 Å². The average Bonchev–Trinajstić information content (AvgIpc) is 3.30. The van der Waals surface area contributed by atoms with E-state index in [1.54, 1.807) is 4.90 Å². The number of rotatable bonds is 6. The molecule has 9 heteroatoms. The third kappa shape index (κ3) is 4.51. The van der Waals surface area contributed by atoms with Gasteiger partial charge in [-0.2, -0.15) is 5.10 Å². The molecule has 31 heavy (non-hydrogen) atoms. The van der Waals surface area contributed by atoms with E-state index in [0.717, 1.165) is 40.9 Å². The molecule has 1 aromatic heterocycles. The molecule has 0 bridgehead atoms. The zero-order chi connectivity index (χ0) is 22.2. The summed E-state index contributed by atoms with van der Waals surface area (Å²) < 4.78 is 26.9. The number of carbonyl (C=O) groups is 1. The number of aryl methyl sites for hydroxylation is 1. The van der Waals surface area contributed by atoms with Crippen molar-refractivity contribution in [2.24, 2.45) is 0 Å². The van der Waals surface area contributed by atoms with Gasteiger partial charge in [-0.25, -0.2) is 17.8 Å². The molecule has 1 amide bonds. The Morgan fingerprint density at radius 1 is 1.13 bits per heavy atom. The van der Waals surface area contributed by atoms with Crippen LogP contribution in [-0.2, 0) is 34.3 Å². The van der Waals surface area contributed by atoms with E-state index in [2.05, 4.69) is 17.7 Å². The minimum Gasteiger partial charge on any atom is -0.331 e. The monoisotopic (exact) mass is 458 g/mol. The Labute approximate surface area is 186 Å². The van der Waals surface area contributed by atoms with Gasteiger partial charge in [0.05, 0.1) is 43.0 Å². The number of amides is 1. The van der Waals surface area contributed by atoms with Crippen LogP contribution >= 0.6 is 11.6 Å². The molecule has 2 heterocycles. The van der Waals surface area contributed by atoms with Gasteiger partial charge in [0, 0.05) is 16.1 Å². The van der Waals surface area contributed by atoms with Crippen LogP contribution in [0.5, 0.6) is 0 Å². The van der Waals surface area contributed by atoms with E-state index in [0.29, 0.717) is 18.1 Å². The van der Waals surface area contributed by atoms with Gasteiger partial charge in [-0.3, -0.25) is 4.79 Å². The van der Waals surface area contributed by atoms with Gasteiger partial charge in [-0.1, -0.05) is 48.9 Å². The highest BCUT2D eigenvalue weighted by molar-refractivity contribution is 7.88. The standard InChI is InChI=1S/C22H23ClN4O3S/c1-3-15-6-4-5-7-20(15)27-22(16-8-10-17(23)11-9-16)18-13-26(14-19(18)25-27)21(28)12-24-31(2,29)30/h4-11,24H,3,12-14H2,1-2H3. The second-order valence-electron chi connectivity index (χ2n) is 7.52. The van der Waals surface area contributed by atoms with Crippen molar-refractivity contribution in [1.29, 1.82) is 0 Å². The minimum atomic E-state index is -3.44. The second kappa shape index (κ2) is 8.45. The summed E-state index contributed by atoms with van der Waals surface area (Å²) in [5, 5.41) is 5.50. The highest BCUT2D eigenvalue weighted by Crippen LogP contribution is 2.35. The first-order valence-corrected chi connectivity index (χ1v) is 12.2. The maximum atomic E-state index is 12.6. The molecular weight excluding hydrogens is 436 g/mol. The highest BCUT2D eigenvalue weighted by atomic mass is 35.5. The summed E-state index contributed by atoms with van der Waals surface area (Å²) in [5.74, 6) is -0.286. The fraction of sp³-hybridized carbons (Fsp3) is 0.273. The number of hydrogen-bond acceptors (Lipinski definition) is 4. The summed E-state index contributed by atoms with van der Waals surface area (Å²) in [6.07, 6.45) is 1.90. The van der Waals surface area contributed by atoms with Gasteiger partial charge >= 0.3 is 0 Å². The van der Waals surface area contributed by atoms with Crippen molar-refractivity contribution in [2.45, 2.75) is 26.4 Å². The molecule has 0 saturated heterocycles. The lowest BCUT2D eigenvalue weighted by molar-refractivity contribution is -0.130. The van der Waals surface area contributed by atoms with Gasteiger partial charge in [0.1, 0.15) is 0 Å². The van der Waals surface area contributed by atoms with Crippen LogP contribution in [0.25, 0.3) is 16.9 Å². The van der Waals surface area contributed by atoms with E-state index < -0.39 is 10.0 Å². The predicted molar refractivity (Wildman–Crippen MR) is 120 cm³/mol. The molecule has 1 aliphatic rings. The number of nitrogens with zero attached hydrogens (tertiary/aromatic N) is 3. The number of halogens is 1. The molecule has 0 saturated carbocycles. The molecule has 0 atom stereocenters. The summed E-state index contributed by atoms with van der Waals surface area (Å²) in [4.78, 5) is 14.2. The van der Waals surface area contributed by atoms with Gasteiger partial charge in [-0.05, 0) is 30.2 Å². The molecule has 162 valence electrons. The number of carbonyl (C=O) groups excluding carboxylic acids is 1. The normalized spacial score (nSPS) is 13.5. The second-order valence-corrected chi connectivity index (χ2v) is 9.79. The zero-order valence-electron chi connectivity index (χ0n) is 17.3. The van der Waals surface area contributed by atoms with E-state index in [4.69, 9.17) is 16.7 Å². The molecule has 7 nitrogen and oxygen atoms in total. The van der Waals surface area contributed by atoms with Gasteiger partial charge in [0.25, 0.3) is 0 Å². The lowest BCUT2D eigenvalue weighted by atomic mass is 10.1. The number of sulfonamides is 1. The smallest absolute Gasteiger partial charge is 0.238 e. The summed E-state index contributed by atoms with van der Waals surface area (Å²) in [6.45, 7) is 2.54. The summed E-state index contributed by atoms with van der Waals surface area (Å²) >= 11 is 6.10. The van der Waals surface area contributed by atoms with Crippen molar-refractivity contribution < 1.29 is 13.2 Å². The Kier molecular flexibility index (Phi) is 5.88. The van der Waals surface area contributed by atoms with Crippen LogP contribution in [0.4, 0.5) is 0 Å². The van der Waals surface area contributed by atoms with Crippen LogP contribution in [0, 0.1) is 0 Å². The Balaban J connectivity index is 1.74. The van der Waals surface area contributed by atoms with E-state index in [-0.39, 0.29) is 12.5 Å². The van der Waals surface area contributed by atoms with Gasteiger partial charge in [-0.15, -0.1) is 0 Å². The third-order valence-corrected chi connectivity index (χ3v) is 6.23. The number of benzene rings is 2. The number of hydrogen-bond donors (Lipinski definition) is 1. The topological polar surface area (TPSA) is 84.3 Å². The van der Waals surface area contributed by atoms with E-state index >= 15 is 0 Å². The molecule has 3 aromatic rings. The van der Waals surface area contributed by atoms with E-state index in [1.165, 1.54) is 5.56 Å². The minimum absolute atomic E-state index is 0.266. The third-order valence-electron chi connectivity index (χ3n) is 5.31. The molecule has 1 N–H and O–H groups in total. The molecule has 0 unspecified atom stereocenters. The number of para-hydroxylation sites is 1. The molecule has 0 fully saturated rings. The van der Waals surface area contributed by atoms with Crippen LogP contribution in [0.15, 0.2) is 48.5 Å². The zero-order valence-corrected chi connectivity index (χ0v) is 18.9. The van der Waals surface area contributed by atoms with Crippen LogP contribution < -0.4 is 4.72 Å². The number of nitrogens with one attached hydrogen (secondary N) is 1. The number of fused-ring (bicyclic) bond motifs is 1. The molecule has 0 spiro atoms. The summed E-state index contributed by atoms with van der Waals surface area (Å²) in [6, 6.07) is 15.7. The lowest BCUT2D eigenvalue weighted by Crippen LogP contribution is -2.37. The molecule has 4 rings (SSSR count). The van der Waals surface area contributed by atoms with Gasteiger partial charge in [0.15, 0.2) is 0 Å². The fourth-order valence-corrected chi connectivity index (χ4v) is 4.30.